The fraction of sp³-hybridized carbons (Fsp3) is 0.633. The minimum atomic E-state index is -1.13. The summed E-state index contributed by atoms with van der Waals surface area (Å²) in [7, 11) is 3.63. The maximum absolute atomic E-state index is 14.1. The molecule has 0 radical (unpaired) electrons. The number of ether oxygens (including phenoxy) is 2. The molecule has 2 saturated heterocycles. The van der Waals surface area contributed by atoms with Crippen LogP contribution in [0.5, 0.6) is 5.75 Å². The number of unbranched alkanes of at least 4 members (excludes halogenated alkanes) is 1. The number of carbonyl (C=O) groups excluding carboxylic acids is 3. The summed E-state index contributed by atoms with van der Waals surface area (Å²) in [5.74, 6) is -1.38. The first kappa shape index (κ1) is 27.6. The highest BCUT2D eigenvalue weighted by atomic mass is 16.5. The molecule has 9 nitrogen and oxygen atoms in total. The Labute approximate surface area is 231 Å². The zero-order valence-corrected chi connectivity index (χ0v) is 23.4. The van der Waals surface area contributed by atoms with Gasteiger partial charge in [-0.2, -0.15) is 0 Å². The molecule has 0 aromatic heterocycles. The number of benzene rings is 1. The van der Waals surface area contributed by atoms with E-state index in [-0.39, 0.29) is 23.8 Å². The number of amides is 3. The van der Waals surface area contributed by atoms with Crippen LogP contribution in [0, 0.1) is 11.8 Å². The average Bonchev–Trinajstić information content (AvgIpc) is 3.59. The quantitative estimate of drug-likeness (QED) is 0.420. The van der Waals surface area contributed by atoms with E-state index in [1.165, 1.54) is 6.42 Å². The van der Waals surface area contributed by atoms with Crippen molar-refractivity contribution in [3.05, 3.63) is 36.4 Å². The van der Waals surface area contributed by atoms with E-state index < -0.39 is 29.6 Å². The first-order valence-electron chi connectivity index (χ1n) is 14.5. The predicted molar refractivity (Wildman–Crippen MR) is 148 cm³/mol. The minimum absolute atomic E-state index is 0.114. The van der Waals surface area contributed by atoms with Crippen molar-refractivity contribution in [2.45, 2.75) is 75.7 Å². The lowest BCUT2D eigenvalue weighted by Gasteiger charge is -2.34. The number of nitrogens with zero attached hydrogens (tertiary/aromatic N) is 2. The highest BCUT2D eigenvalue weighted by Gasteiger charge is 2.72. The topological polar surface area (TPSA) is 100 Å². The molecule has 1 aromatic rings. The van der Waals surface area contributed by atoms with Crippen LogP contribution < -0.4 is 15.4 Å². The maximum Gasteiger partial charge on any atom is 0.246 e. The fourth-order valence-corrected chi connectivity index (χ4v) is 6.75. The first-order chi connectivity index (χ1) is 18.9. The van der Waals surface area contributed by atoms with E-state index in [4.69, 9.17) is 9.47 Å². The van der Waals surface area contributed by atoms with Gasteiger partial charge in [-0.15, -0.1) is 0 Å². The standard InChI is InChI=1S/C30H42N4O5/c1-4-5-17-33(2)18-19-34-26(28(36)32-20-9-7-6-8-10-20)30-16-15-23(39-30)24(25(30)29(34)37)27(35)31-21-11-13-22(38-3)14-12-21/h11-16,20,23-26H,4-10,17-19H2,1-3H3,(H,31,35)(H,32,36)/t23-,24-,25-,26+,30-/m0/s1. The van der Waals surface area contributed by atoms with Crippen LogP contribution in [-0.4, -0.2) is 85.1 Å². The van der Waals surface area contributed by atoms with E-state index in [1.807, 2.05) is 19.2 Å². The van der Waals surface area contributed by atoms with Crippen molar-refractivity contribution in [1.29, 1.82) is 0 Å². The van der Waals surface area contributed by atoms with Crippen LogP contribution in [0.1, 0.15) is 51.9 Å². The van der Waals surface area contributed by atoms with Crippen LogP contribution in [0.2, 0.25) is 0 Å². The molecule has 1 saturated carbocycles. The molecule has 3 fully saturated rings. The van der Waals surface area contributed by atoms with Crippen LogP contribution in [0.25, 0.3) is 0 Å². The number of carbonyl (C=O) groups is 3. The van der Waals surface area contributed by atoms with E-state index in [2.05, 4.69) is 22.5 Å². The summed E-state index contributed by atoms with van der Waals surface area (Å²) in [5, 5.41) is 6.21. The molecule has 4 aliphatic rings. The fourth-order valence-electron chi connectivity index (χ4n) is 6.75. The van der Waals surface area contributed by atoms with Gasteiger partial charge in [0.2, 0.25) is 17.7 Å². The number of likely N-dealkylation sites (N-methyl/N-ethyl adjacent to an activating group) is 1. The summed E-state index contributed by atoms with van der Waals surface area (Å²) in [6.45, 7) is 4.14. The molecule has 1 aromatic carbocycles. The Morgan fingerprint density at radius 1 is 1.13 bits per heavy atom. The Kier molecular flexibility index (Phi) is 8.28. The summed E-state index contributed by atoms with van der Waals surface area (Å²) in [6.07, 6.45) is 10.7. The van der Waals surface area contributed by atoms with Gasteiger partial charge < -0.3 is 29.9 Å². The second-order valence-corrected chi connectivity index (χ2v) is 11.5. The molecule has 1 aliphatic carbocycles. The Hall–Kier alpha value is -2.91. The van der Waals surface area contributed by atoms with Crippen molar-refractivity contribution in [1.82, 2.24) is 15.1 Å². The van der Waals surface area contributed by atoms with Crippen molar-refractivity contribution >= 4 is 23.4 Å². The van der Waals surface area contributed by atoms with Gasteiger partial charge in [-0.05, 0) is 57.1 Å². The van der Waals surface area contributed by atoms with Gasteiger partial charge in [0.25, 0.3) is 0 Å². The van der Waals surface area contributed by atoms with Crippen molar-refractivity contribution in [3.63, 3.8) is 0 Å². The average molecular weight is 539 g/mol. The summed E-state index contributed by atoms with van der Waals surface area (Å²) in [6, 6.07) is 6.41. The SMILES string of the molecule is CCCCN(C)CCN1C(=O)[C@@H]2[C@@H](C(=O)Nc3ccc(OC)cc3)[C@@H]3C=C[C@@]2(O3)[C@H]1C(=O)NC1CCCCC1. The van der Waals surface area contributed by atoms with E-state index in [9.17, 15) is 14.4 Å². The second-order valence-electron chi connectivity index (χ2n) is 11.5. The number of likely N-dealkylation sites (tertiary alicyclic amines) is 1. The second kappa shape index (κ2) is 11.7. The van der Waals surface area contributed by atoms with Crippen molar-refractivity contribution < 1.29 is 23.9 Å². The van der Waals surface area contributed by atoms with Gasteiger partial charge in [-0.25, -0.2) is 0 Å². The molecule has 3 aliphatic heterocycles. The highest BCUT2D eigenvalue weighted by molar-refractivity contribution is 6.02. The molecular formula is C30H42N4O5. The minimum Gasteiger partial charge on any atom is -0.497 e. The van der Waals surface area contributed by atoms with Crippen LogP contribution in [0.4, 0.5) is 5.69 Å². The number of nitrogens with one attached hydrogen (secondary N) is 2. The van der Waals surface area contributed by atoms with E-state index in [0.29, 0.717) is 24.5 Å². The number of fused-ring (bicyclic) bond motifs is 1. The number of methoxy groups -OCH3 is 1. The maximum atomic E-state index is 14.1. The van der Waals surface area contributed by atoms with Gasteiger partial charge in [-0.1, -0.05) is 44.8 Å². The Balaban J connectivity index is 1.39. The van der Waals surface area contributed by atoms with E-state index >= 15 is 0 Å². The summed E-state index contributed by atoms with van der Waals surface area (Å²) < 4.78 is 11.7. The molecule has 0 unspecified atom stereocenters. The zero-order valence-electron chi connectivity index (χ0n) is 23.4. The van der Waals surface area contributed by atoms with Gasteiger partial charge in [-0.3, -0.25) is 14.4 Å². The molecule has 3 heterocycles. The Morgan fingerprint density at radius 2 is 1.87 bits per heavy atom. The monoisotopic (exact) mass is 538 g/mol. The van der Waals surface area contributed by atoms with Crippen molar-refractivity contribution in [3.8, 4) is 5.75 Å². The van der Waals surface area contributed by atoms with Crippen molar-refractivity contribution in [2.75, 3.05) is 39.1 Å². The van der Waals surface area contributed by atoms with Crippen LogP contribution >= 0.6 is 0 Å². The van der Waals surface area contributed by atoms with Gasteiger partial charge in [0.1, 0.15) is 17.4 Å². The smallest absolute Gasteiger partial charge is 0.246 e. The summed E-state index contributed by atoms with van der Waals surface area (Å²) in [5.41, 5.74) is -0.516. The number of hydrogen-bond donors (Lipinski definition) is 2. The lowest BCUT2D eigenvalue weighted by molar-refractivity contribution is -0.141. The molecule has 39 heavy (non-hydrogen) atoms. The number of anilines is 1. The van der Waals surface area contributed by atoms with Crippen molar-refractivity contribution in [2.24, 2.45) is 11.8 Å². The Morgan fingerprint density at radius 3 is 2.56 bits per heavy atom. The number of hydrogen-bond acceptors (Lipinski definition) is 6. The Bertz CT molecular complexity index is 1090. The molecule has 2 bridgehead atoms. The molecular weight excluding hydrogens is 496 g/mol. The largest absolute Gasteiger partial charge is 0.497 e. The molecule has 5 atom stereocenters. The van der Waals surface area contributed by atoms with Gasteiger partial charge in [0.15, 0.2) is 0 Å². The van der Waals surface area contributed by atoms with Crippen LogP contribution in [0.15, 0.2) is 36.4 Å². The molecule has 1 spiro atoms. The normalized spacial score (nSPS) is 29.6. The lowest BCUT2D eigenvalue weighted by atomic mass is 9.74. The van der Waals surface area contributed by atoms with Gasteiger partial charge in [0.05, 0.1) is 25.0 Å². The molecule has 5 rings (SSSR count). The van der Waals surface area contributed by atoms with Crippen LogP contribution in [0.3, 0.4) is 0 Å². The summed E-state index contributed by atoms with van der Waals surface area (Å²) >= 11 is 0. The first-order valence-corrected chi connectivity index (χ1v) is 14.5. The third kappa shape index (κ3) is 5.31. The third-order valence-electron chi connectivity index (χ3n) is 8.85. The lowest BCUT2D eigenvalue weighted by Crippen LogP contribution is -2.57. The molecule has 9 heteroatoms. The zero-order chi connectivity index (χ0) is 27.6. The van der Waals surface area contributed by atoms with Crippen LogP contribution in [-0.2, 0) is 19.1 Å². The molecule has 2 N–H and O–H groups in total. The predicted octanol–water partition coefficient (Wildman–Crippen LogP) is 2.97. The number of rotatable bonds is 11. The highest BCUT2D eigenvalue weighted by Crippen LogP contribution is 2.55. The summed E-state index contributed by atoms with van der Waals surface area (Å²) in [4.78, 5) is 45.4. The third-order valence-corrected chi connectivity index (χ3v) is 8.85. The molecule has 212 valence electrons. The van der Waals surface area contributed by atoms with Gasteiger partial charge in [0, 0.05) is 24.8 Å². The van der Waals surface area contributed by atoms with Gasteiger partial charge >= 0.3 is 0 Å². The molecule has 3 amide bonds. The van der Waals surface area contributed by atoms with E-state index in [0.717, 1.165) is 45.1 Å². The van der Waals surface area contributed by atoms with E-state index in [1.54, 1.807) is 36.3 Å².